The Morgan fingerprint density at radius 1 is 1.11 bits per heavy atom. The Kier molecular flexibility index (Phi) is 4.44. The van der Waals surface area contributed by atoms with Crippen molar-refractivity contribution in [1.29, 1.82) is 0 Å². The van der Waals surface area contributed by atoms with E-state index in [4.69, 9.17) is 9.47 Å². The molecule has 4 heteroatoms. The Labute approximate surface area is 109 Å². The first-order chi connectivity index (χ1) is 8.74. The van der Waals surface area contributed by atoms with Gasteiger partial charge in [-0.3, -0.25) is 4.90 Å². The monoisotopic (exact) mass is 250 g/mol. The molecule has 100 valence electrons. The van der Waals surface area contributed by atoms with Crippen LogP contribution in [0.5, 0.6) is 11.5 Å². The largest absolute Gasteiger partial charge is 0.496 e. The van der Waals surface area contributed by atoms with Gasteiger partial charge in [-0.2, -0.15) is 0 Å². The van der Waals surface area contributed by atoms with Crippen LogP contribution in [0.4, 0.5) is 0 Å². The predicted molar refractivity (Wildman–Crippen MR) is 72.4 cm³/mol. The van der Waals surface area contributed by atoms with Gasteiger partial charge in [0.2, 0.25) is 0 Å². The Morgan fingerprint density at radius 3 is 2.17 bits per heavy atom. The second-order valence-electron chi connectivity index (χ2n) is 4.65. The number of methoxy groups -OCH3 is 2. The van der Waals surface area contributed by atoms with Crippen LogP contribution in [0.25, 0.3) is 0 Å². The SMILES string of the molecule is COc1cc(CN2CCNCC2)cc(OC)c1C. The molecule has 18 heavy (non-hydrogen) atoms. The summed E-state index contributed by atoms with van der Waals surface area (Å²) < 4.78 is 10.8. The highest BCUT2D eigenvalue weighted by molar-refractivity contribution is 5.47. The van der Waals surface area contributed by atoms with Crippen molar-refractivity contribution in [2.75, 3.05) is 40.4 Å². The van der Waals surface area contributed by atoms with Crippen molar-refractivity contribution in [1.82, 2.24) is 10.2 Å². The molecule has 0 amide bonds. The van der Waals surface area contributed by atoms with Gasteiger partial charge >= 0.3 is 0 Å². The van der Waals surface area contributed by atoms with E-state index in [1.54, 1.807) is 14.2 Å². The van der Waals surface area contributed by atoms with E-state index in [1.807, 2.05) is 6.92 Å². The number of hydrogen-bond acceptors (Lipinski definition) is 4. The van der Waals surface area contributed by atoms with Crippen LogP contribution in [0.3, 0.4) is 0 Å². The van der Waals surface area contributed by atoms with Crippen LogP contribution in [0, 0.1) is 6.92 Å². The topological polar surface area (TPSA) is 33.7 Å². The second-order valence-corrected chi connectivity index (χ2v) is 4.65. The van der Waals surface area contributed by atoms with E-state index in [-0.39, 0.29) is 0 Å². The summed E-state index contributed by atoms with van der Waals surface area (Å²) in [4.78, 5) is 2.44. The van der Waals surface area contributed by atoms with Crippen molar-refractivity contribution in [3.8, 4) is 11.5 Å². The molecular weight excluding hydrogens is 228 g/mol. The smallest absolute Gasteiger partial charge is 0.125 e. The first kappa shape index (κ1) is 13.2. The van der Waals surface area contributed by atoms with Crippen LogP contribution in [0.15, 0.2) is 12.1 Å². The fourth-order valence-electron chi connectivity index (χ4n) is 2.36. The molecule has 0 atom stereocenters. The zero-order valence-corrected chi connectivity index (χ0v) is 11.5. The standard InChI is InChI=1S/C14H22N2O2/c1-11-13(17-2)8-12(9-14(11)18-3)10-16-6-4-15-5-7-16/h8-9,15H,4-7,10H2,1-3H3. The van der Waals surface area contributed by atoms with Crippen molar-refractivity contribution in [3.05, 3.63) is 23.3 Å². The number of rotatable bonds is 4. The van der Waals surface area contributed by atoms with E-state index >= 15 is 0 Å². The van der Waals surface area contributed by atoms with Crippen LogP contribution in [-0.2, 0) is 6.54 Å². The Morgan fingerprint density at radius 2 is 1.67 bits per heavy atom. The Hall–Kier alpha value is -1.26. The fourth-order valence-corrected chi connectivity index (χ4v) is 2.36. The number of piperazine rings is 1. The van der Waals surface area contributed by atoms with Gasteiger partial charge in [-0.25, -0.2) is 0 Å². The molecule has 1 aliphatic rings. The predicted octanol–water partition coefficient (Wildman–Crippen LogP) is 1.42. The molecule has 4 nitrogen and oxygen atoms in total. The summed E-state index contributed by atoms with van der Waals surface area (Å²) in [5, 5.41) is 3.36. The fraction of sp³-hybridized carbons (Fsp3) is 0.571. The summed E-state index contributed by atoms with van der Waals surface area (Å²) in [6.45, 7) is 7.30. The minimum atomic E-state index is 0.902. The molecule has 0 spiro atoms. The van der Waals surface area contributed by atoms with E-state index in [0.29, 0.717) is 0 Å². The molecule has 0 aliphatic carbocycles. The summed E-state index contributed by atoms with van der Waals surface area (Å²) >= 11 is 0. The van der Waals surface area contributed by atoms with Gasteiger partial charge in [-0.15, -0.1) is 0 Å². The number of ether oxygens (including phenoxy) is 2. The molecule has 1 heterocycles. The van der Waals surface area contributed by atoms with E-state index < -0.39 is 0 Å². The quantitative estimate of drug-likeness (QED) is 0.876. The zero-order chi connectivity index (χ0) is 13.0. The van der Waals surface area contributed by atoms with Gasteiger partial charge in [0.05, 0.1) is 14.2 Å². The second kappa shape index (κ2) is 6.07. The lowest BCUT2D eigenvalue weighted by Gasteiger charge is -2.27. The van der Waals surface area contributed by atoms with Crippen molar-refractivity contribution in [2.24, 2.45) is 0 Å². The third-order valence-electron chi connectivity index (χ3n) is 3.43. The van der Waals surface area contributed by atoms with Crippen LogP contribution in [0.2, 0.25) is 0 Å². The molecule has 2 rings (SSSR count). The van der Waals surface area contributed by atoms with Gasteiger partial charge in [-0.05, 0) is 24.6 Å². The lowest BCUT2D eigenvalue weighted by molar-refractivity contribution is 0.232. The first-order valence-electron chi connectivity index (χ1n) is 6.39. The van der Waals surface area contributed by atoms with Gasteiger partial charge in [0.1, 0.15) is 11.5 Å². The molecule has 0 unspecified atom stereocenters. The summed E-state index contributed by atoms with van der Waals surface area (Å²) in [6, 6.07) is 4.22. The lowest BCUT2D eigenvalue weighted by atomic mass is 10.1. The molecule has 1 aromatic rings. The lowest BCUT2D eigenvalue weighted by Crippen LogP contribution is -2.42. The van der Waals surface area contributed by atoms with Gasteiger partial charge in [0.25, 0.3) is 0 Å². The number of hydrogen-bond donors (Lipinski definition) is 1. The Balaban J connectivity index is 2.16. The van der Waals surface area contributed by atoms with Crippen molar-refractivity contribution < 1.29 is 9.47 Å². The molecule has 1 saturated heterocycles. The number of nitrogens with zero attached hydrogens (tertiary/aromatic N) is 1. The molecule has 1 aromatic carbocycles. The van der Waals surface area contributed by atoms with E-state index in [1.165, 1.54) is 5.56 Å². The molecule has 0 saturated carbocycles. The first-order valence-corrected chi connectivity index (χ1v) is 6.39. The average molecular weight is 250 g/mol. The summed E-state index contributed by atoms with van der Waals surface area (Å²) in [6.07, 6.45) is 0. The van der Waals surface area contributed by atoms with E-state index in [0.717, 1.165) is 49.8 Å². The summed E-state index contributed by atoms with van der Waals surface area (Å²) in [5.74, 6) is 1.80. The highest BCUT2D eigenvalue weighted by Crippen LogP contribution is 2.29. The molecule has 0 radical (unpaired) electrons. The maximum Gasteiger partial charge on any atom is 0.125 e. The third-order valence-corrected chi connectivity index (χ3v) is 3.43. The molecule has 0 aromatic heterocycles. The van der Waals surface area contributed by atoms with Crippen LogP contribution in [0.1, 0.15) is 11.1 Å². The maximum atomic E-state index is 5.41. The van der Waals surface area contributed by atoms with Gasteiger partial charge < -0.3 is 14.8 Å². The molecule has 1 N–H and O–H groups in total. The van der Waals surface area contributed by atoms with Gasteiger partial charge in [0.15, 0.2) is 0 Å². The number of benzene rings is 1. The summed E-state index contributed by atoms with van der Waals surface area (Å²) in [7, 11) is 3.41. The molecular formula is C14H22N2O2. The Bertz CT molecular complexity index is 376. The third kappa shape index (κ3) is 2.94. The normalized spacial score (nSPS) is 16.6. The molecule has 1 fully saturated rings. The van der Waals surface area contributed by atoms with Crippen LogP contribution < -0.4 is 14.8 Å². The minimum absolute atomic E-state index is 0.902. The average Bonchev–Trinajstić information content (AvgIpc) is 2.41. The highest BCUT2D eigenvalue weighted by Gasteiger charge is 2.13. The molecule has 1 aliphatic heterocycles. The number of nitrogens with one attached hydrogen (secondary N) is 1. The van der Waals surface area contributed by atoms with Crippen molar-refractivity contribution >= 4 is 0 Å². The van der Waals surface area contributed by atoms with E-state index in [9.17, 15) is 0 Å². The van der Waals surface area contributed by atoms with E-state index in [2.05, 4.69) is 22.3 Å². The van der Waals surface area contributed by atoms with Gasteiger partial charge in [0, 0.05) is 38.3 Å². The summed E-state index contributed by atoms with van der Waals surface area (Å²) in [5.41, 5.74) is 2.31. The van der Waals surface area contributed by atoms with Crippen molar-refractivity contribution in [3.63, 3.8) is 0 Å². The minimum Gasteiger partial charge on any atom is -0.496 e. The van der Waals surface area contributed by atoms with Gasteiger partial charge in [-0.1, -0.05) is 0 Å². The highest BCUT2D eigenvalue weighted by atomic mass is 16.5. The van der Waals surface area contributed by atoms with Crippen LogP contribution >= 0.6 is 0 Å². The zero-order valence-electron chi connectivity index (χ0n) is 11.5. The van der Waals surface area contributed by atoms with Crippen molar-refractivity contribution in [2.45, 2.75) is 13.5 Å². The molecule has 0 bridgehead atoms. The maximum absolute atomic E-state index is 5.41. The van der Waals surface area contributed by atoms with Crippen LogP contribution in [-0.4, -0.2) is 45.3 Å².